The van der Waals surface area contributed by atoms with Crippen molar-refractivity contribution in [2.45, 2.75) is 18.9 Å². The molecule has 0 aromatic carbocycles. The molecule has 3 rings (SSSR count). The Labute approximate surface area is 126 Å². The van der Waals surface area contributed by atoms with Crippen LogP contribution in [0.1, 0.15) is 29.2 Å². The first-order chi connectivity index (χ1) is 10.8. The lowest BCUT2D eigenvalue weighted by Crippen LogP contribution is -2.44. The molecule has 1 unspecified atom stereocenters. The topological polar surface area (TPSA) is 121 Å². The molecular formula is C13H13N7O2. The largest absolute Gasteiger partial charge is 0.470 e. The Hall–Kier alpha value is -3.02. The van der Waals surface area contributed by atoms with Crippen molar-refractivity contribution in [3.05, 3.63) is 30.2 Å². The molecule has 0 bridgehead atoms. The molecule has 22 heavy (non-hydrogen) atoms. The fourth-order valence-corrected chi connectivity index (χ4v) is 2.32. The Bertz CT molecular complexity index is 695. The Morgan fingerprint density at radius 2 is 2.27 bits per heavy atom. The van der Waals surface area contributed by atoms with Crippen LogP contribution in [0.2, 0.25) is 0 Å². The van der Waals surface area contributed by atoms with Gasteiger partial charge in [-0.05, 0) is 12.8 Å². The number of ether oxygens (including phenoxy) is 1. The van der Waals surface area contributed by atoms with Gasteiger partial charge in [-0.15, -0.1) is 0 Å². The van der Waals surface area contributed by atoms with Gasteiger partial charge in [-0.3, -0.25) is 9.89 Å². The number of nitrogens with one attached hydrogen (secondary N) is 1. The molecule has 3 heterocycles. The van der Waals surface area contributed by atoms with Gasteiger partial charge in [0, 0.05) is 18.9 Å². The van der Waals surface area contributed by atoms with Crippen molar-refractivity contribution in [2.75, 3.05) is 13.1 Å². The van der Waals surface area contributed by atoms with Crippen LogP contribution >= 0.6 is 0 Å². The number of piperidine rings is 1. The van der Waals surface area contributed by atoms with Crippen molar-refractivity contribution in [2.24, 2.45) is 0 Å². The van der Waals surface area contributed by atoms with Crippen LogP contribution < -0.4 is 4.74 Å². The SMILES string of the molecule is N#Cc1nccnc1OC1CCCN(C(=O)c2ncn[nH]2)C1. The first-order valence-corrected chi connectivity index (χ1v) is 6.80. The third-order valence-corrected chi connectivity index (χ3v) is 3.33. The van der Waals surface area contributed by atoms with E-state index in [1.165, 1.54) is 18.7 Å². The van der Waals surface area contributed by atoms with Gasteiger partial charge >= 0.3 is 0 Å². The summed E-state index contributed by atoms with van der Waals surface area (Å²) in [5, 5.41) is 15.2. The molecule has 0 aliphatic carbocycles. The summed E-state index contributed by atoms with van der Waals surface area (Å²) < 4.78 is 5.74. The minimum Gasteiger partial charge on any atom is -0.470 e. The molecule has 1 aliphatic rings. The van der Waals surface area contributed by atoms with Gasteiger partial charge < -0.3 is 9.64 Å². The molecule has 0 saturated carbocycles. The van der Waals surface area contributed by atoms with E-state index in [4.69, 9.17) is 10.00 Å². The highest BCUT2D eigenvalue weighted by atomic mass is 16.5. The van der Waals surface area contributed by atoms with E-state index in [0.29, 0.717) is 13.1 Å². The predicted octanol–water partition coefficient (Wildman–Crippen LogP) is 0.150. The molecule has 9 heteroatoms. The number of aromatic amines is 1. The number of hydrogen-bond donors (Lipinski definition) is 1. The standard InChI is InChI=1S/C13H13N7O2/c14-6-10-12(16-4-3-15-10)22-9-2-1-5-20(7-9)13(21)11-17-8-18-19-11/h3-4,8-9H,1-2,5,7H2,(H,17,18,19). The molecule has 1 N–H and O–H groups in total. The maximum Gasteiger partial charge on any atom is 0.291 e. The molecule has 112 valence electrons. The second kappa shape index (κ2) is 6.17. The quantitative estimate of drug-likeness (QED) is 0.856. The van der Waals surface area contributed by atoms with E-state index < -0.39 is 0 Å². The summed E-state index contributed by atoms with van der Waals surface area (Å²) in [5.74, 6) is 0.187. The van der Waals surface area contributed by atoms with E-state index in [-0.39, 0.29) is 29.4 Å². The van der Waals surface area contributed by atoms with Crippen LogP contribution in [0.4, 0.5) is 0 Å². The number of H-pyrrole nitrogens is 1. The van der Waals surface area contributed by atoms with Gasteiger partial charge in [0.2, 0.25) is 11.5 Å². The maximum absolute atomic E-state index is 12.2. The average Bonchev–Trinajstić information content (AvgIpc) is 3.09. The van der Waals surface area contributed by atoms with E-state index in [1.54, 1.807) is 4.90 Å². The van der Waals surface area contributed by atoms with Crippen molar-refractivity contribution >= 4 is 5.91 Å². The Kier molecular flexibility index (Phi) is 3.91. The molecule has 0 spiro atoms. The second-order valence-corrected chi connectivity index (χ2v) is 4.79. The second-order valence-electron chi connectivity index (χ2n) is 4.79. The molecule has 1 atom stereocenters. The molecule has 1 saturated heterocycles. The monoisotopic (exact) mass is 299 g/mol. The number of nitriles is 1. The van der Waals surface area contributed by atoms with Gasteiger partial charge in [0.05, 0.1) is 6.54 Å². The highest BCUT2D eigenvalue weighted by Gasteiger charge is 2.27. The van der Waals surface area contributed by atoms with Crippen LogP contribution in [-0.2, 0) is 0 Å². The molecule has 1 fully saturated rings. The van der Waals surface area contributed by atoms with Gasteiger partial charge in [0.1, 0.15) is 18.5 Å². The van der Waals surface area contributed by atoms with Gasteiger partial charge in [-0.2, -0.15) is 10.4 Å². The number of carbonyl (C=O) groups is 1. The average molecular weight is 299 g/mol. The molecule has 9 nitrogen and oxygen atoms in total. The summed E-state index contributed by atoms with van der Waals surface area (Å²) >= 11 is 0. The third-order valence-electron chi connectivity index (χ3n) is 3.33. The van der Waals surface area contributed by atoms with E-state index in [2.05, 4.69) is 25.1 Å². The van der Waals surface area contributed by atoms with Crippen LogP contribution in [0, 0.1) is 11.3 Å². The fourth-order valence-electron chi connectivity index (χ4n) is 2.32. The van der Waals surface area contributed by atoms with E-state index >= 15 is 0 Å². The van der Waals surface area contributed by atoms with E-state index in [9.17, 15) is 4.79 Å². The zero-order valence-electron chi connectivity index (χ0n) is 11.6. The number of aromatic nitrogens is 5. The van der Waals surface area contributed by atoms with Gasteiger partial charge in [-0.25, -0.2) is 15.0 Å². The predicted molar refractivity (Wildman–Crippen MR) is 72.7 cm³/mol. The van der Waals surface area contributed by atoms with Crippen LogP contribution in [0.3, 0.4) is 0 Å². The summed E-state index contributed by atoms with van der Waals surface area (Å²) in [5.41, 5.74) is 0.140. The van der Waals surface area contributed by atoms with Crippen molar-refractivity contribution in [3.63, 3.8) is 0 Å². The normalized spacial score (nSPS) is 17.8. The lowest BCUT2D eigenvalue weighted by Gasteiger charge is -2.32. The number of nitrogens with zero attached hydrogens (tertiary/aromatic N) is 6. The number of rotatable bonds is 3. The van der Waals surface area contributed by atoms with E-state index in [0.717, 1.165) is 12.8 Å². The summed E-state index contributed by atoms with van der Waals surface area (Å²) in [7, 11) is 0. The highest BCUT2D eigenvalue weighted by Crippen LogP contribution is 2.19. The molecular weight excluding hydrogens is 286 g/mol. The fraction of sp³-hybridized carbons (Fsp3) is 0.385. The maximum atomic E-state index is 12.2. The summed E-state index contributed by atoms with van der Waals surface area (Å²) in [6, 6.07) is 1.94. The van der Waals surface area contributed by atoms with Gasteiger partial charge in [-0.1, -0.05) is 0 Å². The zero-order valence-corrected chi connectivity index (χ0v) is 11.6. The summed E-state index contributed by atoms with van der Waals surface area (Å²) in [6.45, 7) is 1.03. The van der Waals surface area contributed by atoms with Crippen LogP contribution in [0.15, 0.2) is 18.7 Å². The van der Waals surface area contributed by atoms with Crippen molar-refractivity contribution in [1.82, 2.24) is 30.0 Å². The van der Waals surface area contributed by atoms with Crippen LogP contribution in [-0.4, -0.2) is 55.1 Å². The molecule has 2 aromatic heterocycles. The van der Waals surface area contributed by atoms with Crippen LogP contribution in [0.25, 0.3) is 0 Å². The highest BCUT2D eigenvalue weighted by molar-refractivity contribution is 5.90. The Morgan fingerprint density at radius 1 is 1.41 bits per heavy atom. The van der Waals surface area contributed by atoms with E-state index in [1.807, 2.05) is 6.07 Å². The number of amides is 1. The van der Waals surface area contributed by atoms with Crippen molar-refractivity contribution < 1.29 is 9.53 Å². The van der Waals surface area contributed by atoms with Crippen molar-refractivity contribution in [1.29, 1.82) is 5.26 Å². The minimum absolute atomic E-state index is 0.140. The number of likely N-dealkylation sites (tertiary alicyclic amines) is 1. The molecule has 1 amide bonds. The lowest BCUT2D eigenvalue weighted by atomic mass is 10.1. The number of hydrogen-bond acceptors (Lipinski definition) is 7. The Balaban J connectivity index is 1.68. The first kappa shape index (κ1) is 13.9. The first-order valence-electron chi connectivity index (χ1n) is 6.80. The smallest absolute Gasteiger partial charge is 0.291 e. The lowest BCUT2D eigenvalue weighted by molar-refractivity contribution is 0.0516. The third kappa shape index (κ3) is 2.85. The molecule has 1 aliphatic heterocycles. The van der Waals surface area contributed by atoms with Crippen LogP contribution in [0.5, 0.6) is 5.88 Å². The van der Waals surface area contributed by atoms with Gasteiger partial charge in [0.25, 0.3) is 11.8 Å². The van der Waals surface area contributed by atoms with Gasteiger partial charge in [0.15, 0.2) is 0 Å². The Morgan fingerprint density at radius 3 is 3.05 bits per heavy atom. The minimum atomic E-state index is -0.232. The number of carbonyl (C=O) groups excluding carboxylic acids is 1. The summed E-state index contributed by atoms with van der Waals surface area (Å²) in [4.78, 5) is 25.7. The molecule has 0 radical (unpaired) electrons. The summed E-state index contributed by atoms with van der Waals surface area (Å²) in [6.07, 6.45) is 5.55. The van der Waals surface area contributed by atoms with Crippen molar-refractivity contribution in [3.8, 4) is 11.9 Å². The zero-order chi connectivity index (χ0) is 15.4. The molecule has 2 aromatic rings.